The van der Waals surface area contributed by atoms with E-state index in [0.29, 0.717) is 7.04 Å². The summed E-state index contributed by atoms with van der Waals surface area (Å²) in [6.45, 7) is 0. The first-order valence-electron chi connectivity index (χ1n) is 0.743. The third kappa shape index (κ3) is 10.7. The Labute approximate surface area is 54.4 Å². The van der Waals surface area contributed by atoms with Crippen molar-refractivity contribution in [3.8, 4) is 0 Å². The molecule has 0 aliphatic carbocycles. The Balaban J connectivity index is 0. The van der Waals surface area contributed by atoms with Crippen LogP contribution in [0.2, 0.25) is 0 Å². The van der Waals surface area contributed by atoms with Gasteiger partial charge in [-0.3, -0.25) is 0 Å². The summed E-state index contributed by atoms with van der Waals surface area (Å²) < 4.78 is 0. The quantitative estimate of drug-likeness (QED) is 0.551. The summed E-state index contributed by atoms with van der Waals surface area (Å²) in [5.74, 6) is 0. The molecule has 0 aromatic rings. The van der Waals surface area contributed by atoms with Gasteiger partial charge < -0.3 is 0 Å². The average molecular weight is 180 g/mol. The Morgan fingerprint density at radius 3 is 2.00 bits per heavy atom. The van der Waals surface area contributed by atoms with Crippen LogP contribution >= 0.6 is 23.9 Å². The van der Waals surface area contributed by atoms with Gasteiger partial charge in [0.1, 0.15) is 7.96 Å². The normalized spacial score (nSPS) is 9.00. The molecular formula is H4P3SV+. The van der Waals surface area contributed by atoms with Gasteiger partial charge in [0.05, 0.1) is 0 Å². The van der Waals surface area contributed by atoms with Gasteiger partial charge in [0.15, 0.2) is 18.9 Å². The molecule has 0 spiro atoms. The molecular weight excluding hydrogens is 176 g/mol. The van der Waals surface area contributed by atoms with Crippen molar-refractivity contribution in [1.82, 2.24) is 0 Å². The first kappa shape index (κ1) is 10.1. The maximum absolute atomic E-state index is 4.57. The van der Waals surface area contributed by atoms with E-state index < -0.39 is 0 Å². The molecule has 0 aliphatic heterocycles. The topological polar surface area (TPSA) is 0 Å². The van der Waals surface area contributed by atoms with E-state index in [4.69, 9.17) is 0 Å². The molecule has 0 saturated carbocycles. The third-order valence-electron chi connectivity index (χ3n) is 0.0589. The fourth-order valence-electron chi connectivity index (χ4n) is 0. The molecule has 29 valence electrons. The van der Waals surface area contributed by atoms with E-state index in [0.717, 1.165) is 7.96 Å². The van der Waals surface area contributed by atoms with Crippen molar-refractivity contribution >= 4 is 35.7 Å². The predicted molar refractivity (Wildman–Crippen MR) is 33.7 cm³/mol. The van der Waals surface area contributed by atoms with Crippen molar-refractivity contribution in [2.75, 3.05) is 0 Å². The molecule has 1 radical (unpaired) electrons. The van der Waals surface area contributed by atoms with Crippen LogP contribution in [0.15, 0.2) is 0 Å². The van der Waals surface area contributed by atoms with E-state index in [1.54, 1.807) is 0 Å². The van der Waals surface area contributed by atoms with Crippen molar-refractivity contribution in [2.45, 2.75) is 0 Å². The maximum Gasteiger partial charge on any atom is 0.179 e. The van der Waals surface area contributed by atoms with Crippen LogP contribution in [0.5, 0.6) is 0 Å². The Morgan fingerprint density at radius 1 is 1.80 bits per heavy atom. The summed E-state index contributed by atoms with van der Waals surface area (Å²) in [5, 5.41) is 0. The molecule has 5 heteroatoms. The standard InChI is InChI=1S/H3P3S.V/c1-2-3-4;/h2H,1H2;/p+1. The van der Waals surface area contributed by atoms with E-state index in [-0.39, 0.29) is 18.6 Å². The minimum atomic E-state index is 0. The smallest absolute Gasteiger partial charge is 0.0640 e. The van der Waals surface area contributed by atoms with Crippen LogP contribution in [0.25, 0.3) is 0 Å². The number of hydrogen-bond donors (Lipinski definition) is 0. The number of hydrogen-bond acceptors (Lipinski definition) is 1. The Hall–Kier alpha value is 1.96. The van der Waals surface area contributed by atoms with Crippen LogP contribution in [0.4, 0.5) is 0 Å². The van der Waals surface area contributed by atoms with Crippen molar-refractivity contribution in [1.29, 1.82) is 0 Å². The van der Waals surface area contributed by atoms with E-state index >= 15 is 0 Å². The minimum absolute atomic E-state index is 0. The van der Waals surface area contributed by atoms with Crippen molar-refractivity contribution in [3.05, 3.63) is 0 Å². The van der Waals surface area contributed by atoms with Gasteiger partial charge in [0, 0.05) is 18.6 Å². The second-order valence-corrected chi connectivity index (χ2v) is 6.65. The first-order chi connectivity index (χ1) is 1.91. The van der Waals surface area contributed by atoms with Gasteiger partial charge in [-0.05, 0) is 0 Å². The van der Waals surface area contributed by atoms with Crippen LogP contribution in [-0.2, 0) is 30.4 Å². The molecule has 3 unspecified atom stereocenters. The largest absolute Gasteiger partial charge is 0.179 e. The van der Waals surface area contributed by atoms with Gasteiger partial charge in [-0.25, -0.2) is 0 Å². The molecule has 3 atom stereocenters. The summed E-state index contributed by atoms with van der Waals surface area (Å²) in [6, 6.07) is 0. The third-order valence-corrected chi connectivity index (χ3v) is 4.77. The molecule has 0 amide bonds. The predicted octanol–water partition coefficient (Wildman–Crippen LogP) is 1.51. The zero-order chi connectivity index (χ0) is 3.41. The Morgan fingerprint density at radius 2 is 2.00 bits per heavy atom. The molecule has 0 bridgehead atoms. The van der Waals surface area contributed by atoms with Crippen molar-refractivity contribution in [3.63, 3.8) is 0 Å². The van der Waals surface area contributed by atoms with Crippen molar-refractivity contribution < 1.29 is 18.6 Å². The summed E-state index contributed by atoms with van der Waals surface area (Å²) in [4.78, 5) is 0. The van der Waals surface area contributed by atoms with E-state index in [1.807, 2.05) is 0 Å². The van der Waals surface area contributed by atoms with Crippen LogP contribution in [-0.4, -0.2) is 0 Å². The minimum Gasteiger partial charge on any atom is -0.0640 e. The van der Waals surface area contributed by atoms with Gasteiger partial charge in [0.25, 0.3) is 0 Å². The summed E-state index contributed by atoms with van der Waals surface area (Å²) in [6.07, 6.45) is 0. The molecule has 0 heterocycles. The molecule has 0 fully saturated rings. The van der Waals surface area contributed by atoms with Gasteiger partial charge in [-0.15, -0.1) is 0 Å². The van der Waals surface area contributed by atoms with Gasteiger partial charge in [-0.2, -0.15) is 0 Å². The number of rotatable bonds is 1. The van der Waals surface area contributed by atoms with Crippen LogP contribution in [0.3, 0.4) is 0 Å². The molecule has 0 aliphatic rings. The second kappa shape index (κ2) is 9.35. The summed E-state index contributed by atoms with van der Waals surface area (Å²) in [7, 11) is 4.21. The fourth-order valence-corrected chi connectivity index (χ4v) is 0. The monoisotopic (exact) mass is 180 g/mol. The molecule has 0 aromatic carbocycles. The Kier molecular flexibility index (Phi) is 18.8. The average Bonchev–Trinajstić information content (AvgIpc) is 1.37. The molecule has 5 heavy (non-hydrogen) atoms. The summed E-state index contributed by atoms with van der Waals surface area (Å²) >= 11 is 4.57. The molecule has 0 N–H and O–H groups in total. The molecule has 0 rings (SSSR count). The van der Waals surface area contributed by atoms with Crippen LogP contribution in [0, 0.1) is 0 Å². The molecule has 0 saturated heterocycles. The van der Waals surface area contributed by atoms with Gasteiger partial charge in [-0.1, -0.05) is 8.93 Å². The first-order valence-corrected chi connectivity index (χ1v) is 6.69. The zero-order valence-electron chi connectivity index (χ0n) is 2.43. The van der Waals surface area contributed by atoms with Crippen LogP contribution in [0.1, 0.15) is 0 Å². The second-order valence-electron chi connectivity index (χ2n) is 0.246. The molecule has 0 aromatic heterocycles. The summed E-state index contributed by atoms with van der Waals surface area (Å²) in [5.41, 5.74) is 0. The van der Waals surface area contributed by atoms with Gasteiger partial charge >= 0.3 is 0 Å². The van der Waals surface area contributed by atoms with E-state index in [2.05, 4.69) is 20.7 Å². The van der Waals surface area contributed by atoms with Crippen molar-refractivity contribution in [2.24, 2.45) is 0 Å². The zero-order valence-corrected chi connectivity index (χ0v) is 7.80. The van der Waals surface area contributed by atoms with E-state index in [9.17, 15) is 0 Å². The fraction of sp³-hybridized carbons (Fsp3) is 0. The Bertz CT molecular complexity index is 20.9. The van der Waals surface area contributed by atoms with Crippen LogP contribution < -0.4 is 0 Å². The SMILES string of the molecule is PP[PH+]=S.[V]. The van der Waals surface area contributed by atoms with E-state index in [1.165, 1.54) is 0 Å². The van der Waals surface area contributed by atoms with Gasteiger partial charge in [0.2, 0.25) is 0 Å². The maximum atomic E-state index is 4.57. The molecule has 0 nitrogen and oxygen atoms in total.